The first-order valence-corrected chi connectivity index (χ1v) is 8.95. The van der Waals surface area contributed by atoms with E-state index in [2.05, 4.69) is 23.8 Å². The normalized spacial score (nSPS) is 27.6. The van der Waals surface area contributed by atoms with Gasteiger partial charge in [-0.1, -0.05) is 19.8 Å². The Kier molecular flexibility index (Phi) is 6.24. The van der Waals surface area contributed by atoms with Gasteiger partial charge in [0.25, 0.3) is 0 Å². The van der Waals surface area contributed by atoms with E-state index in [-0.39, 0.29) is 5.91 Å². The summed E-state index contributed by atoms with van der Waals surface area (Å²) >= 11 is 0. The molecule has 0 saturated carbocycles. The molecule has 2 saturated heterocycles. The summed E-state index contributed by atoms with van der Waals surface area (Å²) in [6.45, 7) is 9.95. The van der Waals surface area contributed by atoms with Gasteiger partial charge in [0.15, 0.2) is 0 Å². The second kappa shape index (κ2) is 7.75. The van der Waals surface area contributed by atoms with E-state index < -0.39 is 5.54 Å². The molecule has 5 heteroatoms. The minimum Gasteiger partial charge on any atom is -0.339 e. The summed E-state index contributed by atoms with van der Waals surface area (Å²) in [5.41, 5.74) is 5.50. The molecule has 0 aromatic heterocycles. The number of amides is 1. The van der Waals surface area contributed by atoms with E-state index in [9.17, 15) is 4.79 Å². The lowest BCUT2D eigenvalue weighted by molar-refractivity contribution is -0.138. The maximum atomic E-state index is 12.5. The maximum Gasteiger partial charge on any atom is 0.242 e. The number of hydrogen-bond donors (Lipinski definition) is 1. The third kappa shape index (κ3) is 4.43. The number of likely N-dealkylation sites (N-methyl/N-ethyl adjacent to an activating group) is 1. The predicted molar refractivity (Wildman–Crippen MR) is 90.8 cm³/mol. The molecule has 1 amide bonds. The van der Waals surface area contributed by atoms with Gasteiger partial charge in [-0.25, -0.2) is 0 Å². The van der Waals surface area contributed by atoms with Gasteiger partial charge in [-0.3, -0.25) is 9.69 Å². The molecule has 0 aromatic rings. The third-order valence-corrected chi connectivity index (χ3v) is 5.31. The zero-order valence-corrected chi connectivity index (χ0v) is 14.7. The highest BCUT2D eigenvalue weighted by Crippen LogP contribution is 2.18. The Hall–Kier alpha value is -0.650. The van der Waals surface area contributed by atoms with Crippen LogP contribution in [-0.2, 0) is 4.79 Å². The lowest BCUT2D eigenvalue weighted by Gasteiger charge is -2.41. The number of carbonyl (C=O) groups excluding carboxylic acids is 1. The highest BCUT2D eigenvalue weighted by Gasteiger charge is 2.34. The molecule has 2 unspecified atom stereocenters. The van der Waals surface area contributed by atoms with E-state index in [0.29, 0.717) is 6.04 Å². The van der Waals surface area contributed by atoms with Crippen LogP contribution in [0.4, 0.5) is 0 Å². The summed E-state index contributed by atoms with van der Waals surface area (Å²) in [7, 11) is 2.24. The van der Waals surface area contributed by atoms with E-state index in [1.807, 2.05) is 11.8 Å². The second-order valence-corrected chi connectivity index (χ2v) is 7.39. The lowest BCUT2D eigenvalue weighted by Crippen LogP contribution is -2.59. The molecule has 2 aliphatic heterocycles. The first-order chi connectivity index (χ1) is 10.4. The third-order valence-electron chi connectivity index (χ3n) is 5.31. The molecule has 0 spiro atoms. The molecular weight excluding hydrogens is 276 g/mol. The Morgan fingerprint density at radius 3 is 2.45 bits per heavy atom. The van der Waals surface area contributed by atoms with Gasteiger partial charge >= 0.3 is 0 Å². The van der Waals surface area contributed by atoms with E-state index in [0.717, 1.165) is 45.6 Å². The summed E-state index contributed by atoms with van der Waals surface area (Å²) in [6, 6.07) is 0.691. The molecule has 22 heavy (non-hydrogen) atoms. The predicted octanol–water partition coefficient (Wildman–Crippen LogP) is 1.13. The van der Waals surface area contributed by atoms with Gasteiger partial charge < -0.3 is 15.5 Å². The molecular formula is C17H34N4O. The summed E-state index contributed by atoms with van der Waals surface area (Å²) in [5, 5.41) is 0. The van der Waals surface area contributed by atoms with Gasteiger partial charge in [-0.15, -0.1) is 0 Å². The van der Waals surface area contributed by atoms with Gasteiger partial charge in [-0.2, -0.15) is 0 Å². The lowest BCUT2D eigenvalue weighted by atomic mass is 9.95. The zero-order chi connectivity index (χ0) is 16.2. The molecule has 0 aromatic carbocycles. The Bertz CT molecular complexity index is 364. The van der Waals surface area contributed by atoms with Crippen LogP contribution in [0.15, 0.2) is 0 Å². The molecule has 2 rings (SSSR count). The first-order valence-electron chi connectivity index (χ1n) is 8.95. The molecule has 5 nitrogen and oxygen atoms in total. The van der Waals surface area contributed by atoms with Crippen molar-refractivity contribution in [1.29, 1.82) is 0 Å². The number of carbonyl (C=O) groups is 1. The van der Waals surface area contributed by atoms with Crippen molar-refractivity contribution in [2.75, 3.05) is 46.3 Å². The molecule has 0 radical (unpaired) electrons. The van der Waals surface area contributed by atoms with Crippen LogP contribution >= 0.6 is 0 Å². The SMILES string of the molecule is CCCC(C)(N)C(=O)N1CCN(CC2CCCCN2C)CC1. The number of nitrogens with two attached hydrogens (primary N) is 1. The highest BCUT2D eigenvalue weighted by molar-refractivity contribution is 5.85. The van der Waals surface area contributed by atoms with E-state index in [4.69, 9.17) is 5.73 Å². The van der Waals surface area contributed by atoms with Crippen molar-refractivity contribution in [2.24, 2.45) is 5.73 Å². The fourth-order valence-electron chi connectivity index (χ4n) is 3.79. The van der Waals surface area contributed by atoms with Crippen molar-refractivity contribution in [3.63, 3.8) is 0 Å². The van der Waals surface area contributed by atoms with Crippen LogP contribution in [0.3, 0.4) is 0 Å². The van der Waals surface area contributed by atoms with Crippen molar-refractivity contribution >= 4 is 5.91 Å². The van der Waals surface area contributed by atoms with Crippen molar-refractivity contribution in [3.8, 4) is 0 Å². The minimum atomic E-state index is -0.694. The van der Waals surface area contributed by atoms with Crippen LogP contribution in [0, 0.1) is 0 Å². The van der Waals surface area contributed by atoms with Crippen molar-refractivity contribution in [2.45, 2.75) is 57.5 Å². The average Bonchev–Trinajstić information content (AvgIpc) is 2.49. The fraction of sp³-hybridized carbons (Fsp3) is 0.941. The van der Waals surface area contributed by atoms with Crippen molar-refractivity contribution in [3.05, 3.63) is 0 Å². The van der Waals surface area contributed by atoms with Crippen LogP contribution in [0.5, 0.6) is 0 Å². The molecule has 2 aliphatic rings. The molecule has 2 fully saturated rings. The summed E-state index contributed by atoms with van der Waals surface area (Å²) in [4.78, 5) is 19.5. The molecule has 2 atom stereocenters. The largest absolute Gasteiger partial charge is 0.339 e. The summed E-state index contributed by atoms with van der Waals surface area (Å²) in [5.74, 6) is 0.129. The Labute approximate surface area is 135 Å². The minimum absolute atomic E-state index is 0.129. The van der Waals surface area contributed by atoms with Crippen LogP contribution in [0.25, 0.3) is 0 Å². The number of rotatable bonds is 5. The Morgan fingerprint density at radius 1 is 1.18 bits per heavy atom. The molecule has 0 aliphatic carbocycles. The fourth-order valence-corrected chi connectivity index (χ4v) is 3.79. The summed E-state index contributed by atoms with van der Waals surface area (Å²) < 4.78 is 0. The quantitative estimate of drug-likeness (QED) is 0.827. The van der Waals surface area contributed by atoms with Gasteiger partial charge in [-0.05, 0) is 39.8 Å². The van der Waals surface area contributed by atoms with E-state index in [1.54, 1.807) is 0 Å². The van der Waals surface area contributed by atoms with Crippen LogP contribution in [-0.4, -0.2) is 78.5 Å². The second-order valence-electron chi connectivity index (χ2n) is 7.39. The van der Waals surface area contributed by atoms with Crippen LogP contribution < -0.4 is 5.73 Å². The maximum absolute atomic E-state index is 12.5. The number of nitrogens with zero attached hydrogens (tertiary/aromatic N) is 3. The van der Waals surface area contributed by atoms with E-state index >= 15 is 0 Å². The molecule has 2 heterocycles. The average molecular weight is 310 g/mol. The van der Waals surface area contributed by atoms with Gasteiger partial charge in [0, 0.05) is 38.8 Å². The topological polar surface area (TPSA) is 52.8 Å². The summed E-state index contributed by atoms with van der Waals surface area (Å²) in [6.07, 6.45) is 5.72. The van der Waals surface area contributed by atoms with Crippen LogP contribution in [0.2, 0.25) is 0 Å². The molecule has 0 bridgehead atoms. The first kappa shape index (κ1) is 17.7. The number of likely N-dealkylation sites (tertiary alicyclic amines) is 1. The van der Waals surface area contributed by atoms with Gasteiger partial charge in [0.2, 0.25) is 5.91 Å². The Morgan fingerprint density at radius 2 is 1.86 bits per heavy atom. The smallest absolute Gasteiger partial charge is 0.242 e. The molecule has 128 valence electrons. The standard InChI is InChI=1S/C17H34N4O/c1-4-8-17(2,18)16(22)21-12-10-20(11-13-21)14-15-7-5-6-9-19(15)3/h15H,4-14,18H2,1-3H3. The van der Waals surface area contributed by atoms with Crippen molar-refractivity contribution < 1.29 is 4.79 Å². The molecule has 2 N–H and O–H groups in total. The zero-order valence-electron chi connectivity index (χ0n) is 14.7. The monoisotopic (exact) mass is 310 g/mol. The number of hydrogen-bond acceptors (Lipinski definition) is 4. The van der Waals surface area contributed by atoms with Gasteiger partial charge in [0.05, 0.1) is 5.54 Å². The number of piperazine rings is 1. The van der Waals surface area contributed by atoms with Gasteiger partial charge in [0.1, 0.15) is 0 Å². The number of piperidine rings is 1. The van der Waals surface area contributed by atoms with E-state index in [1.165, 1.54) is 25.8 Å². The van der Waals surface area contributed by atoms with Crippen molar-refractivity contribution in [1.82, 2.24) is 14.7 Å². The van der Waals surface area contributed by atoms with Crippen LogP contribution in [0.1, 0.15) is 46.0 Å². The highest BCUT2D eigenvalue weighted by atomic mass is 16.2. The Balaban J connectivity index is 1.79.